The maximum absolute atomic E-state index is 12.7. The molecule has 0 radical (unpaired) electrons. The third kappa shape index (κ3) is 6.71. The lowest BCUT2D eigenvalue weighted by Crippen LogP contribution is -2.56. The first-order chi connectivity index (χ1) is 15.8. The molecule has 0 fully saturated rings. The van der Waals surface area contributed by atoms with Gasteiger partial charge >= 0.3 is 12.1 Å². The molecule has 2 aromatic carbocycles. The van der Waals surface area contributed by atoms with E-state index in [1.165, 1.54) is 13.1 Å². The average molecular weight is 452 g/mol. The number of benzene rings is 2. The molecule has 4 N–H and O–H groups in total. The number of rotatable bonds is 9. The van der Waals surface area contributed by atoms with E-state index < -0.39 is 36.2 Å². The van der Waals surface area contributed by atoms with E-state index >= 15 is 0 Å². The molecule has 0 unspecified atom stereocenters. The fourth-order valence-corrected chi connectivity index (χ4v) is 3.06. The van der Waals surface area contributed by atoms with Crippen LogP contribution in [0.2, 0.25) is 0 Å². The second-order valence-corrected chi connectivity index (χ2v) is 7.38. The molecule has 0 saturated carbocycles. The van der Waals surface area contributed by atoms with Gasteiger partial charge in [0.15, 0.2) is 0 Å². The third-order valence-electron chi connectivity index (χ3n) is 4.78. The SMILES string of the molecule is C[C@@H](O)[C@H](NC(=O)OCc1ccccc1)C(=O)N[C@@H](Cc1cnc2ccccc2n1)C(=O)O. The molecule has 3 atom stereocenters. The van der Waals surface area contributed by atoms with Crippen LogP contribution in [-0.4, -0.2) is 56.3 Å². The molecule has 0 aliphatic carbocycles. The Morgan fingerprint density at radius 1 is 1.00 bits per heavy atom. The normalized spacial score (nSPS) is 13.5. The summed E-state index contributed by atoms with van der Waals surface area (Å²) >= 11 is 0. The summed E-state index contributed by atoms with van der Waals surface area (Å²) in [5, 5.41) is 24.2. The summed E-state index contributed by atoms with van der Waals surface area (Å²) in [7, 11) is 0. The van der Waals surface area contributed by atoms with Crippen LogP contribution in [0.15, 0.2) is 60.8 Å². The van der Waals surface area contributed by atoms with Crippen LogP contribution < -0.4 is 10.6 Å². The molecule has 3 rings (SSSR count). The number of nitrogens with zero attached hydrogens (tertiary/aromatic N) is 2. The first-order valence-electron chi connectivity index (χ1n) is 10.2. The van der Waals surface area contributed by atoms with Gasteiger partial charge in [-0.25, -0.2) is 14.6 Å². The van der Waals surface area contributed by atoms with Gasteiger partial charge < -0.3 is 25.6 Å². The highest BCUT2D eigenvalue weighted by atomic mass is 16.5. The third-order valence-corrected chi connectivity index (χ3v) is 4.78. The van der Waals surface area contributed by atoms with Crippen LogP contribution >= 0.6 is 0 Å². The van der Waals surface area contributed by atoms with Gasteiger partial charge in [-0.3, -0.25) is 9.78 Å². The van der Waals surface area contributed by atoms with Crippen molar-refractivity contribution in [1.82, 2.24) is 20.6 Å². The topological polar surface area (TPSA) is 151 Å². The number of amides is 2. The number of hydrogen-bond acceptors (Lipinski definition) is 7. The quantitative estimate of drug-likeness (QED) is 0.381. The van der Waals surface area contributed by atoms with Gasteiger partial charge in [-0.05, 0) is 24.6 Å². The van der Waals surface area contributed by atoms with Crippen LogP contribution in [0.5, 0.6) is 0 Å². The number of aromatic nitrogens is 2. The number of para-hydroxylation sites is 2. The van der Waals surface area contributed by atoms with Crippen molar-refractivity contribution in [3.8, 4) is 0 Å². The maximum Gasteiger partial charge on any atom is 0.408 e. The lowest BCUT2D eigenvalue weighted by molar-refractivity contribution is -0.142. The molecular weight excluding hydrogens is 428 g/mol. The summed E-state index contributed by atoms with van der Waals surface area (Å²) in [5.74, 6) is -2.17. The number of carbonyl (C=O) groups is 3. The molecule has 10 nitrogen and oxygen atoms in total. The molecule has 1 aromatic heterocycles. The number of carbonyl (C=O) groups excluding carboxylic acids is 2. The van der Waals surface area contributed by atoms with E-state index in [0.717, 1.165) is 5.56 Å². The van der Waals surface area contributed by atoms with E-state index in [4.69, 9.17) is 4.74 Å². The van der Waals surface area contributed by atoms with Crippen molar-refractivity contribution in [2.24, 2.45) is 0 Å². The number of nitrogens with one attached hydrogen (secondary N) is 2. The van der Waals surface area contributed by atoms with Crippen molar-refractivity contribution in [1.29, 1.82) is 0 Å². The first-order valence-corrected chi connectivity index (χ1v) is 10.2. The minimum Gasteiger partial charge on any atom is -0.480 e. The van der Waals surface area contributed by atoms with Gasteiger partial charge in [0.2, 0.25) is 5.91 Å². The molecular formula is C23H24N4O6. The van der Waals surface area contributed by atoms with Crippen LogP contribution in [0.25, 0.3) is 11.0 Å². The molecule has 10 heteroatoms. The van der Waals surface area contributed by atoms with Crippen molar-refractivity contribution in [2.45, 2.75) is 38.1 Å². The number of alkyl carbamates (subject to hydrolysis) is 1. The van der Waals surface area contributed by atoms with E-state index in [9.17, 15) is 24.6 Å². The number of ether oxygens (including phenoxy) is 1. The van der Waals surface area contributed by atoms with Gasteiger partial charge in [0.25, 0.3) is 0 Å². The van der Waals surface area contributed by atoms with Crippen molar-refractivity contribution >= 4 is 29.0 Å². The van der Waals surface area contributed by atoms with E-state index in [0.29, 0.717) is 16.7 Å². The second kappa shape index (κ2) is 11.0. The average Bonchev–Trinajstić information content (AvgIpc) is 2.81. The van der Waals surface area contributed by atoms with E-state index in [1.54, 1.807) is 42.5 Å². The molecule has 0 spiro atoms. The van der Waals surface area contributed by atoms with Crippen LogP contribution in [0.3, 0.4) is 0 Å². The fourth-order valence-electron chi connectivity index (χ4n) is 3.06. The largest absolute Gasteiger partial charge is 0.480 e. The summed E-state index contributed by atoms with van der Waals surface area (Å²) in [6.07, 6.45) is -0.920. The Hall–Kier alpha value is -4.05. The Morgan fingerprint density at radius 2 is 1.67 bits per heavy atom. The van der Waals surface area contributed by atoms with Gasteiger partial charge in [-0.15, -0.1) is 0 Å². The summed E-state index contributed by atoms with van der Waals surface area (Å²) in [6, 6.07) is 13.3. The number of aliphatic hydroxyl groups excluding tert-OH is 1. The number of carboxylic acid groups (broad SMARTS) is 1. The van der Waals surface area contributed by atoms with Crippen molar-refractivity contribution in [3.63, 3.8) is 0 Å². The monoisotopic (exact) mass is 452 g/mol. The predicted octanol–water partition coefficient (Wildman–Crippen LogP) is 1.42. The Labute approximate surface area is 189 Å². The van der Waals surface area contributed by atoms with Crippen LogP contribution in [0.4, 0.5) is 4.79 Å². The zero-order valence-corrected chi connectivity index (χ0v) is 17.8. The number of carboxylic acids is 1. The smallest absolute Gasteiger partial charge is 0.408 e. The molecule has 0 saturated heterocycles. The summed E-state index contributed by atoms with van der Waals surface area (Å²) in [5.41, 5.74) is 2.36. The highest BCUT2D eigenvalue weighted by Crippen LogP contribution is 2.10. The maximum atomic E-state index is 12.7. The second-order valence-electron chi connectivity index (χ2n) is 7.38. The Bertz CT molecular complexity index is 1120. The van der Waals surface area contributed by atoms with E-state index in [2.05, 4.69) is 20.6 Å². The molecule has 33 heavy (non-hydrogen) atoms. The number of hydrogen-bond donors (Lipinski definition) is 4. The van der Waals surface area contributed by atoms with Gasteiger partial charge in [0, 0.05) is 12.6 Å². The highest BCUT2D eigenvalue weighted by Gasteiger charge is 2.30. The summed E-state index contributed by atoms with van der Waals surface area (Å²) in [4.78, 5) is 45.1. The van der Waals surface area contributed by atoms with Crippen molar-refractivity contribution in [2.75, 3.05) is 0 Å². The number of aliphatic hydroxyl groups is 1. The van der Waals surface area contributed by atoms with Crippen LogP contribution in [0, 0.1) is 0 Å². The molecule has 3 aromatic rings. The Kier molecular flexibility index (Phi) is 7.87. The molecule has 0 aliphatic rings. The van der Waals surface area contributed by atoms with Crippen molar-refractivity contribution < 1.29 is 29.3 Å². The lowest BCUT2D eigenvalue weighted by Gasteiger charge is -2.23. The minimum atomic E-state index is -1.42. The van der Waals surface area contributed by atoms with E-state index in [-0.39, 0.29) is 13.0 Å². The zero-order valence-electron chi connectivity index (χ0n) is 17.8. The Balaban J connectivity index is 1.63. The summed E-state index contributed by atoms with van der Waals surface area (Å²) < 4.78 is 5.07. The number of fused-ring (bicyclic) bond motifs is 1. The van der Waals surface area contributed by atoms with Crippen molar-refractivity contribution in [3.05, 3.63) is 72.1 Å². The molecule has 1 heterocycles. The molecule has 0 aliphatic heterocycles. The lowest BCUT2D eigenvalue weighted by atomic mass is 10.1. The highest BCUT2D eigenvalue weighted by molar-refractivity contribution is 5.89. The Morgan fingerprint density at radius 3 is 2.33 bits per heavy atom. The summed E-state index contributed by atoms with van der Waals surface area (Å²) in [6.45, 7) is 1.27. The predicted molar refractivity (Wildman–Crippen MR) is 118 cm³/mol. The van der Waals surface area contributed by atoms with Gasteiger partial charge in [-0.1, -0.05) is 42.5 Å². The standard InChI is InChI=1S/C23H24N4O6/c1-14(28)20(27-23(32)33-13-15-7-3-2-4-8-15)21(29)26-19(22(30)31)11-16-12-24-17-9-5-6-10-18(17)25-16/h2-10,12,14,19-20,28H,11,13H2,1H3,(H,26,29)(H,27,32)(H,30,31)/t14-,19+,20+/m1/s1. The zero-order chi connectivity index (χ0) is 23.8. The molecule has 2 amide bonds. The molecule has 0 bridgehead atoms. The van der Waals surface area contributed by atoms with Gasteiger partial charge in [-0.2, -0.15) is 0 Å². The van der Waals surface area contributed by atoms with Gasteiger partial charge in [0.05, 0.1) is 22.8 Å². The van der Waals surface area contributed by atoms with Crippen LogP contribution in [0.1, 0.15) is 18.2 Å². The minimum absolute atomic E-state index is 0.0286. The molecule has 172 valence electrons. The number of aliphatic carboxylic acids is 1. The first kappa shape index (κ1) is 23.6. The van der Waals surface area contributed by atoms with Crippen LogP contribution in [-0.2, 0) is 27.4 Å². The van der Waals surface area contributed by atoms with E-state index in [1.807, 2.05) is 12.1 Å². The van der Waals surface area contributed by atoms with Gasteiger partial charge in [0.1, 0.15) is 18.7 Å². The fraction of sp³-hybridized carbons (Fsp3) is 0.261.